The van der Waals surface area contributed by atoms with Crippen molar-refractivity contribution in [1.29, 1.82) is 0 Å². The van der Waals surface area contributed by atoms with E-state index in [2.05, 4.69) is 161 Å². The van der Waals surface area contributed by atoms with E-state index in [9.17, 15) is 0 Å². The Morgan fingerprint density at radius 2 is 0.758 bits per heavy atom. The summed E-state index contributed by atoms with van der Waals surface area (Å²) in [6.07, 6.45) is 59.9. The molecule has 0 saturated heterocycles. The Balaban J connectivity index is 0. The summed E-state index contributed by atoms with van der Waals surface area (Å²) in [5.41, 5.74) is 0. The third-order valence-electron chi connectivity index (χ3n) is 7.89. The van der Waals surface area contributed by atoms with E-state index < -0.39 is 15.1 Å². The molecule has 16 atom stereocenters. The summed E-state index contributed by atoms with van der Waals surface area (Å²) in [5.74, 6) is 0. The van der Waals surface area contributed by atoms with E-state index in [1.54, 1.807) is 0 Å². The van der Waals surface area contributed by atoms with Gasteiger partial charge < -0.3 is 27.1 Å². The predicted molar refractivity (Wildman–Crippen MR) is 316 cm³/mol. The summed E-state index contributed by atoms with van der Waals surface area (Å²) in [5, 5.41) is 0. The third kappa shape index (κ3) is 44.3. The standard InChI is InChI=1S/2C22H40O3P6/c2*1-3-5-7-14-18-21(23-26)22(24-30-27)19-15-11-9-8-10-13-17-20(25-31(28)29)16-12-6-4-2/h2*6-15,17,19-22,30H,3-5,16,18,26-29H2,1-2H3/b10-8-,11-9-,12-6-,14-7-,17-13+,19-15+;. The predicted octanol–water partition coefficient (Wildman–Crippen LogP) is 17.2. The fourth-order valence-corrected chi connectivity index (χ4v) is 9.92. The summed E-state index contributed by atoms with van der Waals surface area (Å²) >= 11 is 0. The van der Waals surface area contributed by atoms with Gasteiger partial charge in [-0.2, -0.15) is 0 Å². The van der Waals surface area contributed by atoms with Crippen LogP contribution in [0, 0.1) is 0 Å². The van der Waals surface area contributed by atoms with Crippen molar-refractivity contribution in [2.75, 3.05) is 0 Å². The molecule has 0 aromatic rings. The van der Waals surface area contributed by atoms with Crippen LogP contribution in [-0.2, 0) is 27.1 Å². The maximum atomic E-state index is 5.92. The molecule has 62 heavy (non-hydrogen) atoms. The Morgan fingerprint density at radius 3 is 1.05 bits per heavy atom. The van der Waals surface area contributed by atoms with Gasteiger partial charge in [-0.25, -0.2) is 0 Å². The molecule has 0 aliphatic heterocycles. The molecule has 16 unspecified atom stereocenters. The first-order valence-electron chi connectivity index (χ1n) is 21.0. The van der Waals surface area contributed by atoms with Crippen molar-refractivity contribution in [3.8, 4) is 0 Å². The molecule has 0 saturated carbocycles. The van der Waals surface area contributed by atoms with Gasteiger partial charge >= 0.3 is 0 Å². The summed E-state index contributed by atoms with van der Waals surface area (Å²) in [7, 11) is 20.4. The molecule has 0 rings (SSSR count). The third-order valence-corrected chi connectivity index (χ3v) is 12.7. The number of rotatable bonds is 36. The van der Waals surface area contributed by atoms with E-state index in [1.807, 2.05) is 85.1 Å². The molecule has 0 radical (unpaired) electrons. The minimum atomic E-state index is -0.544. The molecule has 0 spiro atoms. The van der Waals surface area contributed by atoms with Crippen LogP contribution in [0.15, 0.2) is 146 Å². The molecule has 0 N–H and O–H groups in total. The minimum absolute atomic E-state index is 0.0214. The monoisotopic (exact) mass is 1080 g/mol. The second-order valence-corrected chi connectivity index (χ2v) is 27.5. The molecule has 0 heterocycles. The van der Waals surface area contributed by atoms with E-state index in [0.717, 1.165) is 64.2 Å². The van der Waals surface area contributed by atoms with Gasteiger partial charge in [-0.05, 0) is 51.4 Å². The molecule has 0 bridgehead atoms. The van der Waals surface area contributed by atoms with Gasteiger partial charge in [0.15, 0.2) is 0 Å². The lowest BCUT2D eigenvalue weighted by Crippen LogP contribution is -2.24. The largest absolute Gasteiger partial charge is 0.359 e. The zero-order valence-electron chi connectivity index (χ0n) is 37.4. The van der Waals surface area contributed by atoms with Gasteiger partial charge in [-0.3, -0.25) is 0 Å². The fourth-order valence-electron chi connectivity index (χ4n) is 4.86. The molecule has 0 aliphatic carbocycles. The van der Waals surface area contributed by atoms with Crippen molar-refractivity contribution in [2.24, 2.45) is 0 Å². The van der Waals surface area contributed by atoms with Crippen LogP contribution in [0.1, 0.15) is 91.9 Å². The molecule has 0 aromatic carbocycles. The molecule has 0 aromatic heterocycles. The molecular weight excluding hydrogens is 996 g/mol. The van der Waals surface area contributed by atoms with Crippen molar-refractivity contribution in [1.82, 2.24) is 0 Å². The summed E-state index contributed by atoms with van der Waals surface area (Å²) < 4.78 is 34.6. The SMILES string of the molecule is CC/C=C\CC(/C=C/C=C\C=C/C=C/C(OPP)C(C/C=C\CCC)OP)OP(P)P.CCC=CCC(C=CC=CC=CC=CC(OPP)C(CC=CCCC)OP)OP(P)P. The van der Waals surface area contributed by atoms with Gasteiger partial charge in [0.1, 0.15) is 12.2 Å². The number of hydrogen-bond donors (Lipinski definition) is 0. The zero-order chi connectivity index (χ0) is 46.3. The first kappa shape index (κ1) is 65.9. The van der Waals surface area contributed by atoms with Gasteiger partial charge in [0.05, 0.1) is 39.5 Å². The zero-order valence-corrected chi connectivity index (χ0v) is 50.4. The quantitative estimate of drug-likeness (QED) is 0.0354. The fraction of sp³-hybridized carbons (Fsp3) is 0.455. The molecule has 0 aliphatic rings. The van der Waals surface area contributed by atoms with Crippen LogP contribution < -0.4 is 0 Å². The van der Waals surface area contributed by atoms with Gasteiger partial charge in [0.25, 0.3) is 0 Å². The normalized spacial score (nSPS) is 16.7. The maximum absolute atomic E-state index is 5.92. The second kappa shape index (κ2) is 52.2. The van der Waals surface area contributed by atoms with E-state index in [-0.39, 0.29) is 36.6 Å². The Kier molecular flexibility index (Phi) is 55.4. The van der Waals surface area contributed by atoms with E-state index in [4.69, 9.17) is 27.1 Å². The first-order chi connectivity index (χ1) is 30.2. The van der Waals surface area contributed by atoms with Crippen LogP contribution in [0.5, 0.6) is 0 Å². The van der Waals surface area contributed by atoms with Crippen LogP contribution >= 0.6 is 105 Å². The first-order valence-corrected chi connectivity index (χ1v) is 36.4. The smallest absolute Gasteiger partial charge is 0.107 e. The van der Waals surface area contributed by atoms with E-state index >= 15 is 0 Å². The molecule has 6 nitrogen and oxygen atoms in total. The highest BCUT2D eigenvalue weighted by Gasteiger charge is 2.18. The van der Waals surface area contributed by atoms with Crippen LogP contribution in [-0.4, -0.2) is 36.6 Å². The van der Waals surface area contributed by atoms with E-state index in [1.165, 1.54) is 0 Å². The van der Waals surface area contributed by atoms with E-state index in [0.29, 0.717) is 17.0 Å². The summed E-state index contributed by atoms with van der Waals surface area (Å²) in [6, 6.07) is 0. The average molecular weight is 1080 g/mol. The van der Waals surface area contributed by atoms with Gasteiger partial charge in [0.2, 0.25) is 0 Å². The van der Waals surface area contributed by atoms with Crippen molar-refractivity contribution in [2.45, 2.75) is 129 Å². The Bertz CT molecular complexity index is 1280. The minimum Gasteiger partial charge on any atom is -0.359 e. The van der Waals surface area contributed by atoms with Crippen molar-refractivity contribution < 1.29 is 27.1 Å². The molecule has 352 valence electrons. The number of hydrogen-bond acceptors (Lipinski definition) is 6. The Hall–Kier alpha value is 1.80. The van der Waals surface area contributed by atoms with Gasteiger partial charge in [-0.1, -0.05) is 240 Å². The molecule has 18 heteroatoms. The maximum Gasteiger partial charge on any atom is 0.107 e. The second-order valence-electron chi connectivity index (χ2n) is 13.1. The number of allylic oxidation sites excluding steroid dienone is 16. The Morgan fingerprint density at radius 1 is 0.435 bits per heavy atom. The summed E-state index contributed by atoms with van der Waals surface area (Å²) in [4.78, 5) is 0. The highest BCUT2D eigenvalue weighted by molar-refractivity contribution is 8.41. The van der Waals surface area contributed by atoms with Crippen LogP contribution in [0.2, 0.25) is 0 Å². The van der Waals surface area contributed by atoms with Gasteiger partial charge in [-0.15, -0.1) is 0 Å². The summed E-state index contributed by atoms with van der Waals surface area (Å²) in [6.45, 7) is 8.63. The van der Waals surface area contributed by atoms with Crippen molar-refractivity contribution >= 4 is 105 Å². The number of unbranched alkanes of at least 4 members (excludes halogenated alkanes) is 2. The molecule has 0 fully saturated rings. The van der Waals surface area contributed by atoms with Crippen molar-refractivity contribution in [3.63, 3.8) is 0 Å². The topological polar surface area (TPSA) is 55.4 Å². The van der Waals surface area contributed by atoms with Crippen LogP contribution in [0.4, 0.5) is 0 Å². The highest BCUT2D eigenvalue weighted by Crippen LogP contribution is 2.55. The molecule has 0 amide bonds. The van der Waals surface area contributed by atoms with Gasteiger partial charge in [0, 0.05) is 35.9 Å². The average Bonchev–Trinajstić information content (AvgIpc) is 3.25. The van der Waals surface area contributed by atoms with Crippen LogP contribution in [0.25, 0.3) is 0 Å². The van der Waals surface area contributed by atoms with Crippen molar-refractivity contribution in [3.05, 3.63) is 146 Å². The Labute approximate surface area is 403 Å². The lowest BCUT2D eigenvalue weighted by atomic mass is 10.1. The highest BCUT2D eigenvalue weighted by atomic mass is 32.4. The molecular formula is C44H80O6P12. The lowest BCUT2D eigenvalue weighted by molar-refractivity contribution is 0.116. The van der Waals surface area contributed by atoms with Crippen LogP contribution in [0.3, 0.4) is 0 Å². The lowest BCUT2D eigenvalue weighted by Gasteiger charge is -2.21.